The zero-order valence-electron chi connectivity index (χ0n) is 11.4. The zero-order chi connectivity index (χ0) is 12.9. The Kier molecular flexibility index (Phi) is 2.37. The van der Waals surface area contributed by atoms with E-state index in [9.17, 15) is 0 Å². The highest BCUT2D eigenvalue weighted by atomic mass is 15.0. The number of allylic oxidation sites excluding steroid dienone is 2. The van der Waals surface area contributed by atoms with Gasteiger partial charge in [0, 0.05) is 12.1 Å². The lowest BCUT2D eigenvalue weighted by atomic mass is 9.98. The van der Waals surface area contributed by atoms with Crippen LogP contribution < -0.4 is 0 Å². The van der Waals surface area contributed by atoms with Crippen LogP contribution in [0.5, 0.6) is 0 Å². The van der Waals surface area contributed by atoms with Crippen LogP contribution in [0, 0.1) is 6.92 Å². The minimum atomic E-state index is 1.31. The van der Waals surface area contributed by atoms with Gasteiger partial charge in [0.15, 0.2) is 0 Å². The van der Waals surface area contributed by atoms with Crippen molar-refractivity contribution < 1.29 is 4.58 Å². The number of hydrogen-bond acceptors (Lipinski definition) is 0. The molecule has 0 amide bonds. The summed E-state index contributed by atoms with van der Waals surface area (Å²) in [5.74, 6) is 0. The molecule has 0 spiro atoms. The van der Waals surface area contributed by atoms with Gasteiger partial charge < -0.3 is 0 Å². The largest absolute Gasteiger partial charge is 0.214 e. The molecular formula is C17H18N+. The summed E-state index contributed by atoms with van der Waals surface area (Å²) in [6, 6.07) is 11.0. The quantitative estimate of drug-likeness (QED) is 0.653. The van der Waals surface area contributed by atoms with Crippen molar-refractivity contribution in [3.05, 3.63) is 53.1 Å². The monoisotopic (exact) mass is 236 g/mol. The third kappa shape index (κ3) is 1.43. The van der Waals surface area contributed by atoms with Crippen LogP contribution in [0.4, 0.5) is 5.69 Å². The summed E-state index contributed by atoms with van der Waals surface area (Å²) in [6.45, 7) is 6.48. The summed E-state index contributed by atoms with van der Waals surface area (Å²) in [5.41, 5.74) is 6.66. The van der Waals surface area contributed by atoms with Crippen LogP contribution in [0.2, 0.25) is 0 Å². The summed E-state index contributed by atoms with van der Waals surface area (Å²) >= 11 is 0. The van der Waals surface area contributed by atoms with Gasteiger partial charge >= 0.3 is 0 Å². The second-order valence-electron chi connectivity index (χ2n) is 5.30. The summed E-state index contributed by atoms with van der Waals surface area (Å²) < 4.78 is 2.30. The van der Waals surface area contributed by atoms with E-state index in [1.54, 1.807) is 0 Å². The van der Waals surface area contributed by atoms with Gasteiger partial charge in [0.25, 0.3) is 0 Å². The lowest BCUT2D eigenvalue weighted by molar-refractivity contribution is -0.399. The average molecular weight is 236 g/mol. The molecule has 1 aliphatic heterocycles. The summed E-state index contributed by atoms with van der Waals surface area (Å²) in [7, 11) is 2.15. The van der Waals surface area contributed by atoms with E-state index in [1.165, 1.54) is 38.9 Å². The lowest BCUT2D eigenvalue weighted by Crippen LogP contribution is -2.06. The Morgan fingerprint density at radius 2 is 1.89 bits per heavy atom. The molecule has 0 atom stereocenters. The normalized spacial score (nSPS) is 13.3. The van der Waals surface area contributed by atoms with Crippen LogP contribution in [0.1, 0.15) is 25.0 Å². The topological polar surface area (TPSA) is 3.01 Å². The molecule has 3 rings (SSSR count). The van der Waals surface area contributed by atoms with Gasteiger partial charge in [-0.25, -0.2) is 0 Å². The molecule has 1 aliphatic rings. The van der Waals surface area contributed by atoms with Crippen molar-refractivity contribution >= 4 is 22.2 Å². The number of hydrogen-bond donors (Lipinski definition) is 0. The van der Waals surface area contributed by atoms with E-state index in [-0.39, 0.29) is 0 Å². The fourth-order valence-corrected chi connectivity index (χ4v) is 2.79. The molecule has 0 saturated heterocycles. The van der Waals surface area contributed by atoms with Gasteiger partial charge in [-0.05, 0) is 37.8 Å². The first-order valence-electron chi connectivity index (χ1n) is 6.38. The summed E-state index contributed by atoms with van der Waals surface area (Å²) in [4.78, 5) is 0. The molecule has 0 fully saturated rings. The summed E-state index contributed by atoms with van der Waals surface area (Å²) in [5, 5.41) is 2.77. The maximum Gasteiger partial charge on any atom is 0.214 e. The van der Waals surface area contributed by atoms with Crippen LogP contribution in [0.25, 0.3) is 10.8 Å². The molecule has 0 radical (unpaired) electrons. The van der Waals surface area contributed by atoms with Gasteiger partial charge in [-0.15, -0.1) is 0 Å². The molecule has 0 unspecified atom stereocenters. The van der Waals surface area contributed by atoms with Crippen LogP contribution in [-0.2, 0) is 0 Å². The number of benzene rings is 2. The van der Waals surface area contributed by atoms with Gasteiger partial charge in [-0.3, -0.25) is 0 Å². The number of rotatable bonds is 1. The van der Waals surface area contributed by atoms with Crippen molar-refractivity contribution in [3.63, 3.8) is 0 Å². The predicted octanol–water partition coefficient (Wildman–Crippen LogP) is 4.19. The first-order chi connectivity index (χ1) is 8.59. The Morgan fingerprint density at radius 1 is 1.11 bits per heavy atom. The third-order valence-corrected chi connectivity index (χ3v) is 3.66. The third-order valence-electron chi connectivity index (χ3n) is 3.66. The average Bonchev–Trinajstić information content (AvgIpc) is 2.60. The van der Waals surface area contributed by atoms with E-state index in [2.05, 4.69) is 68.8 Å². The minimum Gasteiger partial charge on any atom is -0.194 e. The van der Waals surface area contributed by atoms with E-state index in [1.807, 2.05) is 0 Å². The van der Waals surface area contributed by atoms with Crippen molar-refractivity contribution in [1.82, 2.24) is 0 Å². The van der Waals surface area contributed by atoms with Crippen molar-refractivity contribution in [2.75, 3.05) is 7.05 Å². The van der Waals surface area contributed by atoms with Crippen molar-refractivity contribution in [2.45, 2.75) is 20.8 Å². The molecular weight excluding hydrogens is 218 g/mol. The fraction of sp³-hybridized carbons (Fsp3) is 0.235. The first-order valence-corrected chi connectivity index (χ1v) is 6.38. The van der Waals surface area contributed by atoms with Crippen molar-refractivity contribution in [3.8, 4) is 0 Å². The standard InChI is InChI=1S/C17H18N/c1-11(2)10-16-14-7-5-6-13-12(3)8-9-15(17(13)14)18(16)4/h5-10H,1-4H3/q+1. The molecule has 2 aromatic rings. The van der Waals surface area contributed by atoms with Crippen LogP contribution in [-0.4, -0.2) is 17.3 Å². The Morgan fingerprint density at radius 3 is 2.61 bits per heavy atom. The predicted molar refractivity (Wildman–Crippen MR) is 78.1 cm³/mol. The van der Waals surface area contributed by atoms with E-state index >= 15 is 0 Å². The smallest absolute Gasteiger partial charge is 0.194 e. The van der Waals surface area contributed by atoms with E-state index in [0.717, 1.165) is 0 Å². The highest BCUT2D eigenvalue weighted by Gasteiger charge is 2.28. The molecule has 1 heterocycles. The maximum atomic E-state index is 2.30. The Labute approximate surface area is 108 Å². The van der Waals surface area contributed by atoms with Crippen LogP contribution in [0.15, 0.2) is 42.0 Å². The lowest BCUT2D eigenvalue weighted by Gasteiger charge is -2.01. The number of aryl methyl sites for hydroxylation is 1. The highest BCUT2D eigenvalue weighted by molar-refractivity contribution is 6.20. The molecule has 0 N–H and O–H groups in total. The van der Waals surface area contributed by atoms with Crippen LogP contribution in [0.3, 0.4) is 0 Å². The fourth-order valence-electron chi connectivity index (χ4n) is 2.79. The number of nitrogens with zero attached hydrogens (tertiary/aromatic N) is 1. The second-order valence-corrected chi connectivity index (χ2v) is 5.30. The summed E-state index contributed by atoms with van der Waals surface area (Å²) in [6.07, 6.45) is 2.27. The first kappa shape index (κ1) is 11.2. The maximum absolute atomic E-state index is 2.30. The molecule has 1 heteroatoms. The van der Waals surface area contributed by atoms with Crippen molar-refractivity contribution in [1.29, 1.82) is 0 Å². The molecule has 0 aromatic heterocycles. The van der Waals surface area contributed by atoms with Crippen molar-refractivity contribution in [2.24, 2.45) is 0 Å². The van der Waals surface area contributed by atoms with E-state index in [0.29, 0.717) is 0 Å². The Balaban J connectivity index is 2.43. The highest BCUT2D eigenvalue weighted by Crippen LogP contribution is 2.36. The Hall–Kier alpha value is -1.89. The molecule has 0 bridgehead atoms. The minimum absolute atomic E-state index is 1.31. The van der Waals surface area contributed by atoms with Gasteiger partial charge in [0.2, 0.25) is 11.4 Å². The molecule has 1 nitrogen and oxygen atoms in total. The molecule has 90 valence electrons. The molecule has 2 aromatic carbocycles. The van der Waals surface area contributed by atoms with E-state index in [4.69, 9.17) is 0 Å². The SMILES string of the molecule is CC(C)=CC1=[N+](C)c2ccc(C)c3cccc1c23. The second kappa shape index (κ2) is 3.81. The molecule has 0 aliphatic carbocycles. The van der Waals surface area contributed by atoms with Gasteiger partial charge in [-0.1, -0.05) is 23.8 Å². The molecule has 0 saturated carbocycles. The van der Waals surface area contributed by atoms with Crippen LogP contribution >= 0.6 is 0 Å². The molecule has 18 heavy (non-hydrogen) atoms. The van der Waals surface area contributed by atoms with E-state index < -0.39 is 0 Å². The van der Waals surface area contributed by atoms with Gasteiger partial charge in [-0.2, -0.15) is 4.58 Å². The Bertz CT molecular complexity index is 714. The van der Waals surface area contributed by atoms with Gasteiger partial charge in [0.05, 0.1) is 10.9 Å². The zero-order valence-corrected chi connectivity index (χ0v) is 11.4. The van der Waals surface area contributed by atoms with Gasteiger partial charge in [0.1, 0.15) is 7.05 Å².